The van der Waals surface area contributed by atoms with E-state index in [1.807, 2.05) is 25.7 Å². The molecule has 1 aromatic carbocycles. The first-order valence-corrected chi connectivity index (χ1v) is 6.80. The first-order chi connectivity index (χ1) is 9.27. The predicted molar refractivity (Wildman–Crippen MR) is 72.4 cm³/mol. The first kappa shape index (κ1) is 15.4. The Morgan fingerprint density at radius 3 is 2.80 bits per heavy atom. The van der Waals surface area contributed by atoms with Gasteiger partial charge in [-0.3, -0.25) is 4.90 Å². The minimum Gasteiger partial charge on any atom is -0.387 e. The molecule has 2 atom stereocenters. The normalized spacial score (nSPS) is 24.6. The van der Waals surface area contributed by atoms with Gasteiger partial charge in [-0.2, -0.15) is 0 Å². The number of benzene rings is 1. The zero-order valence-corrected chi connectivity index (χ0v) is 12.1. The Hall–Kier alpha value is -1.04. The van der Waals surface area contributed by atoms with E-state index in [0.29, 0.717) is 13.1 Å². The van der Waals surface area contributed by atoms with E-state index in [9.17, 15) is 13.9 Å². The van der Waals surface area contributed by atoms with Crippen molar-refractivity contribution in [2.45, 2.75) is 38.6 Å². The molecule has 2 rings (SSSR count). The maximum absolute atomic E-state index is 13.6. The largest absolute Gasteiger partial charge is 0.387 e. The van der Waals surface area contributed by atoms with Gasteiger partial charge in [-0.1, -0.05) is 0 Å². The third-order valence-electron chi connectivity index (χ3n) is 3.39. The van der Waals surface area contributed by atoms with Gasteiger partial charge >= 0.3 is 0 Å². The quantitative estimate of drug-likeness (QED) is 0.926. The fourth-order valence-electron chi connectivity index (χ4n) is 2.84. The number of ether oxygens (including phenoxy) is 1. The number of morpholine rings is 1. The van der Waals surface area contributed by atoms with Crippen LogP contribution in [0.5, 0.6) is 0 Å². The van der Waals surface area contributed by atoms with Crippen LogP contribution in [0.15, 0.2) is 18.2 Å². The van der Waals surface area contributed by atoms with Gasteiger partial charge < -0.3 is 9.84 Å². The highest BCUT2D eigenvalue weighted by atomic mass is 19.1. The summed E-state index contributed by atoms with van der Waals surface area (Å²) in [5, 5.41) is 10.1. The SMILES string of the molecule is C[C@H]1CN(C[C@@H](O)c2cc(F)ccc2F)CC(C)(C)O1. The number of aliphatic hydroxyl groups is 1. The molecule has 5 heteroatoms. The number of rotatable bonds is 3. The highest BCUT2D eigenvalue weighted by Gasteiger charge is 2.32. The van der Waals surface area contributed by atoms with Gasteiger partial charge in [0.25, 0.3) is 0 Å². The number of hydrogen-bond acceptors (Lipinski definition) is 3. The molecule has 1 fully saturated rings. The van der Waals surface area contributed by atoms with Crippen molar-refractivity contribution in [1.82, 2.24) is 4.90 Å². The van der Waals surface area contributed by atoms with Gasteiger partial charge in [0.2, 0.25) is 0 Å². The molecule has 0 saturated carbocycles. The number of halogens is 2. The summed E-state index contributed by atoms with van der Waals surface area (Å²) in [6.07, 6.45) is -1.00. The summed E-state index contributed by atoms with van der Waals surface area (Å²) in [6.45, 7) is 7.49. The van der Waals surface area contributed by atoms with Crippen molar-refractivity contribution >= 4 is 0 Å². The lowest BCUT2D eigenvalue weighted by Gasteiger charge is -2.42. The van der Waals surface area contributed by atoms with E-state index in [1.54, 1.807) is 0 Å². The Balaban J connectivity index is 2.07. The van der Waals surface area contributed by atoms with E-state index < -0.39 is 17.7 Å². The van der Waals surface area contributed by atoms with Crippen LogP contribution in [-0.4, -0.2) is 41.3 Å². The zero-order chi connectivity index (χ0) is 14.9. The van der Waals surface area contributed by atoms with Gasteiger partial charge in [-0.05, 0) is 39.0 Å². The average molecular weight is 285 g/mol. The van der Waals surface area contributed by atoms with Crippen molar-refractivity contribution in [2.75, 3.05) is 19.6 Å². The van der Waals surface area contributed by atoms with Crippen molar-refractivity contribution in [2.24, 2.45) is 0 Å². The van der Waals surface area contributed by atoms with Crippen LogP contribution in [0.3, 0.4) is 0 Å². The van der Waals surface area contributed by atoms with E-state index in [0.717, 1.165) is 18.2 Å². The van der Waals surface area contributed by atoms with Gasteiger partial charge in [0.05, 0.1) is 17.8 Å². The summed E-state index contributed by atoms with van der Waals surface area (Å²) >= 11 is 0. The second kappa shape index (κ2) is 5.76. The molecule has 0 aromatic heterocycles. The minimum atomic E-state index is -1.05. The third kappa shape index (κ3) is 3.75. The monoisotopic (exact) mass is 285 g/mol. The standard InChI is InChI=1S/C15H21F2NO2/c1-10-7-18(9-15(2,3)20-10)8-14(19)12-6-11(16)4-5-13(12)17/h4-6,10,14,19H,7-9H2,1-3H3/t10-,14+/m0/s1. The fourth-order valence-corrected chi connectivity index (χ4v) is 2.84. The molecule has 1 N–H and O–H groups in total. The summed E-state index contributed by atoms with van der Waals surface area (Å²) in [5.74, 6) is -1.13. The van der Waals surface area contributed by atoms with Gasteiger partial charge in [0.15, 0.2) is 0 Å². The fraction of sp³-hybridized carbons (Fsp3) is 0.600. The average Bonchev–Trinajstić information content (AvgIpc) is 2.29. The molecular formula is C15H21F2NO2. The molecule has 0 unspecified atom stereocenters. The summed E-state index contributed by atoms with van der Waals surface area (Å²) in [7, 11) is 0. The molecule has 0 bridgehead atoms. The highest BCUT2D eigenvalue weighted by Crippen LogP contribution is 2.24. The molecule has 0 radical (unpaired) electrons. The number of nitrogens with zero attached hydrogens (tertiary/aromatic N) is 1. The van der Waals surface area contributed by atoms with Gasteiger partial charge in [0.1, 0.15) is 11.6 Å². The second-order valence-electron chi connectivity index (χ2n) is 6.06. The Labute approximate surface area is 118 Å². The number of aliphatic hydroxyl groups excluding tert-OH is 1. The molecule has 112 valence electrons. The molecule has 0 amide bonds. The van der Waals surface area contributed by atoms with Crippen molar-refractivity contribution in [3.05, 3.63) is 35.4 Å². The highest BCUT2D eigenvalue weighted by molar-refractivity contribution is 5.21. The van der Waals surface area contributed by atoms with Crippen molar-refractivity contribution in [1.29, 1.82) is 0 Å². The molecule has 1 aliphatic rings. The van der Waals surface area contributed by atoms with Crippen molar-refractivity contribution < 1.29 is 18.6 Å². The summed E-state index contributed by atoms with van der Waals surface area (Å²) < 4.78 is 32.6. The summed E-state index contributed by atoms with van der Waals surface area (Å²) in [5.41, 5.74) is -0.306. The Morgan fingerprint density at radius 1 is 1.45 bits per heavy atom. The van der Waals surface area contributed by atoms with E-state index >= 15 is 0 Å². The maximum Gasteiger partial charge on any atom is 0.129 e. The molecule has 0 aliphatic carbocycles. The Kier molecular flexibility index (Phi) is 4.42. The first-order valence-electron chi connectivity index (χ1n) is 6.80. The maximum atomic E-state index is 13.6. The number of β-amino-alcohol motifs (C(OH)–C–C–N with tert-alkyl or cyclic N) is 1. The second-order valence-corrected chi connectivity index (χ2v) is 6.06. The molecule has 0 spiro atoms. The molecule has 3 nitrogen and oxygen atoms in total. The number of hydrogen-bond donors (Lipinski definition) is 1. The predicted octanol–water partition coefficient (Wildman–Crippen LogP) is 2.50. The molecule has 1 heterocycles. The van der Waals surface area contributed by atoms with Crippen LogP contribution in [0.25, 0.3) is 0 Å². The van der Waals surface area contributed by atoms with Crippen LogP contribution >= 0.6 is 0 Å². The van der Waals surface area contributed by atoms with Crippen LogP contribution in [0, 0.1) is 11.6 Å². The molecule has 20 heavy (non-hydrogen) atoms. The van der Waals surface area contributed by atoms with E-state index in [-0.39, 0.29) is 23.8 Å². The van der Waals surface area contributed by atoms with Gasteiger partial charge in [-0.15, -0.1) is 0 Å². The lowest BCUT2D eigenvalue weighted by atomic mass is 10.0. The Morgan fingerprint density at radius 2 is 2.15 bits per heavy atom. The Bertz CT molecular complexity index is 479. The topological polar surface area (TPSA) is 32.7 Å². The van der Waals surface area contributed by atoms with E-state index in [2.05, 4.69) is 0 Å². The van der Waals surface area contributed by atoms with Gasteiger partial charge in [0, 0.05) is 25.2 Å². The van der Waals surface area contributed by atoms with Crippen molar-refractivity contribution in [3.63, 3.8) is 0 Å². The molecule has 1 aliphatic heterocycles. The zero-order valence-electron chi connectivity index (χ0n) is 12.1. The van der Waals surface area contributed by atoms with E-state index in [1.165, 1.54) is 0 Å². The van der Waals surface area contributed by atoms with E-state index in [4.69, 9.17) is 4.74 Å². The molecule has 1 aromatic rings. The smallest absolute Gasteiger partial charge is 0.129 e. The minimum absolute atomic E-state index is 0.00181. The molecular weight excluding hydrogens is 264 g/mol. The lowest BCUT2D eigenvalue weighted by Crippen LogP contribution is -2.52. The summed E-state index contributed by atoms with van der Waals surface area (Å²) in [6, 6.07) is 3.14. The van der Waals surface area contributed by atoms with Crippen LogP contribution in [0.2, 0.25) is 0 Å². The van der Waals surface area contributed by atoms with Crippen LogP contribution < -0.4 is 0 Å². The van der Waals surface area contributed by atoms with Gasteiger partial charge in [-0.25, -0.2) is 8.78 Å². The third-order valence-corrected chi connectivity index (χ3v) is 3.39. The van der Waals surface area contributed by atoms with Crippen LogP contribution in [0.4, 0.5) is 8.78 Å². The van der Waals surface area contributed by atoms with Crippen molar-refractivity contribution in [3.8, 4) is 0 Å². The molecule has 1 saturated heterocycles. The van der Waals surface area contributed by atoms with Crippen LogP contribution in [0.1, 0.15) is 32.4 Å². The summed E-state index contributed by atoms with van der Waals surface area (Å²) in [4.78, 5) is 2.02. The van der Waals surface area contributed by atoms with Crippen LogP contribution in [-0.2, 0) is 4.74 Å². The lowest BCUT2D eigenvalue weighted by molar-refractivity contribution is -0.134.